The van der Waals surface area contributed by atoms with E-state index in [0.717, 1.165) is 32.5 Å². The van der Waals surface area contributed by atoms with E-state index in [-0.39, 0.29) is 5.91 Å². The second-order valence-corrected chi connectivity index (χ2v) is 8.70. The van der Waals surface area contributed by atoms with Crippen LogP contribution < -0.4 is 4.90 Å². The molecule has 0 fully saturated rings. The molecule has 148 valence electrons. The normalized spacial score (nSPS) is 15.5. The molecule has 1 aliphatic rings. The third kappa shape index (κ3) is 3.14. The first-order valence-corrected chi connectivity index (χ1v) is 10.8. The summed E-state index contributed by atoms with van der Waals surface area (Å²) in [5.74, 6) is -0.159. The molecule has 1 unspecified atom stereocenters. The SMILES string of the molecule is O=C1c2[nH]nc(-c3ccc(Br)cc3)c2C(c2ccccc2Cl)N1c1ccc(Cl)cc1. The van der Waals surface area contributed by atoms with Crippen LogP contribution in [0.4, 0.5) is 5.69 Å². The van der Waals surface area contributed by atoms with Gasteiger partial charge in [-0.25, -0.2) is 0 Å². The summed E-state index contributed by atoms with van der Waals surface area (Å²) in [6.07, 6.45) is 0. The van der Waals surface area contributed by atoms with E-state index in [9.17, 15) is 4.79 Å². The highest BCUT2D eigenvalue weighted by molar-refractivity contribution is 9.10. The van der Waals surface area contributed by atoms with Crippen molar-refractivity contribution < 1.29 is 4.79 Å². The Labute approximate surface area is 191 Å². The summed E-state index contributed by atoms with van der Waals surface area (Å²) in [5, 5.41) is 8.64. The number of carbonyl (C=O) groups is 1. The van der Waals surface area contributed by atoms with E-state index in [4.69, 9.17) is 23.2 Å². The molecule has 0 bridgehead atoms. The Morgan fingerprint density at radius 1 is 0.933 bits per heavy atom. The molecule has 0 spiro atoms. The lowest BCUT2D eigenvalue weighted by Crippen LogP contribution is -2.29. The van der Waals surface area contributed by atoms with Crippen molar-refractivity contribution in [3.8, 4) is 11.3 Å². The highest BCUT2D eigenvalue weighted by Gasteiger charge is 2.43. The first-order chi connectivity index (χ1) is 14.5. The maximum absolute atomic E-state index is 13.4. The summed E-state index contributed by atoms with van der Waals surface area (Å²) in [7, 11) is 0. The van der Waals surface area contributed by atoms with E-state index >= 15 is 0 Å². The number of benzene rings is 3. The first kappa shape index (κ1) is 19.4. The third-order valence-corrected chi connectivity index (χ3v) is 6.32. The van der Waals surface area contributed by atoms with Gasteiger partial charge >= 0.3 is 0 Å². The minimum Gasteiger partial charge on any atom is -0.295 e. The van der Waals surface area contributed by atoms with Crippen LogP contribution >= 0.6 is 39.1 Å². The van der Waals surface area contributed by atoms with Crippen molar-refractivity contribution in [2.45, 2.75) is 6.04 Å². The van der Waals surface area contributed by atoms with E-state index in [1.807, 2.05) is 60.7 Å². The van der Waals surface area contributed by atoms with Crippen LogP contribution in [-0.4, -0.2) is 16.1 Å². The van der Waals surface area contributed by atoms with Gasteiger partial charge in [0.2, 0.25) is 0 Å². The predicted molar refractivity (Wildman–Crippen MR) is 123 cm³/mol. The molecule has 4 nitrogen and oxygen atoms in total. The van der Waals surface area contributed by atoms with Crippen LogP contribution in [0.3, 0.4) is 0 Å². The number of halogens is 3. The number of nitrogens with one attached hydrogen (secondary N) is 1. The zero-order valence-electron chi connectivity index (χ0n) is 15.4. The van der Waals surface area contributed by atoms with Gasteiger partial charge in [0.1, 0.15) is 5.69 Å². The van der Waals surface area contributed by atoms with Crippen molar-refractivity contribution >= 4 is 50.7 Å². The average Bonchev–Trinajstić information content (AvgIpc) is 3.29. The first-order valence-electron chi connectivity index (χ1n) is 9.22. The van der Waals surface area contributed by atoms with Crippen LogP contribution in [0.2, 0.25) is 10.0 Å². The number of aromatic nitrogens is 2. The number of fused-ring (bicyclic) bond motifs is 1. The van der Waals surface area contributed by atoms with E-state index < -0.39 is 6.04 Å². The highest BCUT2D eigenvalue weighted by atomic mass is 79.9. The zero-order chi connectivity index (χ0) is 20.8. The Kier molecular flexibility index (Phi) is 4.89. The van der Waals surface area contributed by atoms with Gasteiger partial charge in [-0.05, 0) is 48.0 Å². The maximum atomic E-state index is 13.4. The largest absolute Gasteiger partial charge is 0.295 e. The number of anilines is 1. The van der Waals surface area contributed by atoms with Gasteiger partial charge in [-0.3, -0.25) is 14.8 Å². The fourth-order valence-corrected chi connectivity index (χ4v) is 4.46. The lowest BCUT2D eigenvalue weighted by molar-refractivity contribution is 0.0989. The molecular weight excluding hydrogens is 485 g/mol. The number of H-pyrrole nitrogens is 1. The summed E-state index contributed by atoms with van der Waals surface area (Å²) >= 11 is 16.1. The van der Waals surface area contributed by atoms with Gasteiger partial charge in [-0.15, -0.1) is 0 Å². The quantitative estimate of drug-likeness (QED) is 0.334. The maximum Gasteiger partial charge on any atom is 0.277 e. The van der Waals surface area contributed by atoms with Crippen molar-refractivity contribution in [1.82, 2.24) is 10.2 Å². The van der Waals surface area contributed by atoms with Gasteiger partial charge in [-0.2, -0.15) is 5.10 Å². The Hall–Kier alpha value is -2.60. The van der Waals surface area contributed by atoms with Crippen molar-refractivity contribution in [2.75, 3.05) is 4.90 Å². The van der Waals surface area contributed by atoms with E-state index in [2.05, 4.69) is 26.1 Å². The van der Waals surface area contributed by atoms with Crippen molar-refractivity contribution in [3.05, 3.63) is 104 Å². The number of carbonyl (C=O) groups excluding carboxylic acids is 1. The Balaban J connectivity index is 1.74. The molecular formula is C23H14BrCl2N3O. The van der Waals surface area contributed by atoms with Gasteiger partial charge in [0.05, 0.1) is 11.7 Å². The summed E-state index contributed by atoms with van der Waals surface area (Å²) in [6, 6.07) is 22.2. The Bertz CT molecular complexity index is 1250. The molecule has 1 atom stereocenters. The lowest BCUT2D eigenvalue weighted by Gasteiger charge is -2.27. The molecule has 3 aromatic carbocycles. The fourth-order valence-electron chi connectivity index (χ4n) is 3.83. The number of hydrogen-bond acceptors (Lipinski definition) is 2. The van der Waals surface area contributed by atoms with E-state index in [1.165, 1.54) is 0 Å². The Morgan fingerprint density at radius 3 is 2.33 bits per heavy atom. The minimum absolute atomic E-state index is 0.159. The predicted octanol–water partition coefficient (Wildman–Crippen LogP) is 6.90. The second kappa shape index (κ2) is 7.58. The minimum atomic E-state index is -0.417. The standard InChI is InChI=1S/C23H14BrCl2N3O/c24-14-7-5-13(6-8-14)20-19-21(28-27-20)23(30)29(16-11-9-15(25)10-12-16)22(19)17-3-1-2-4-18(17)26/h1-12,22H,(H,27,28). The number of rotatable bonds is 3. The summed E-state index contributed by atoms with van der Waals surface area (Å²) in [4.78, 5) is 15.2. The smallest absolute Gasteiger partial charge is 0.277 e. The highest BCUT2D eigenvalue weighted by Crippen LogP contribution is 2.46. The third-order valence-electron chi connectivity index (χ3n) is 5.19. The van der Waals surface area contributed by atoms with Crippen molar-refractivity contribution in [2.24, 2.45) is 0 Å². The monoisotopic (exact) mass is 497 g/mol. The molecule has 0 saturated carbocycles. The van der Waals surface area contributed by atoms with E-state index in [0.29, 0.717) is 15.7 Å². The van der Waals surface area contributed by atoms with Crippen LogP contribution in [0.25, 0.3) is 11.3 Å². The molecule has 7 heteroatoms. The van der Waals surface area contributed by atoms with Gasteiger partial charge < -0.3 is 0 Å². The van der Waals surface area contributed by atoms with Crippen LogP contribution in [0.5, 0.6) is 0 Å². The van der Waals surface area contributed by atoms with Crippen LogP contribution in [0.15, 0.2) is 77.3 Å². The molecule has 30 heavy (non-hydrogen) atoms. The summed E-state index contributed by atoms with van der Waals surface area (Å²) in [6.45, 7) is 0. The van der Waals surface area contributed by atoms with Crippen molar-refractivity contribution in [1.29, 1.82) is 0 Å². The van der Waals surface area contributed by atoms with Crippen LogP contribution in [0.1, 0.15) is 27.7 Å². The average molecular weight is 499 g/mol. The number of nitrogens with zero attached hydrogens (tertiary/aromatic N) is 2. The molecule has 0 radical (unpaired) electrons. The van der Waals surface area contributed by atoms with Crippen LogP contribution in [-0.2, 0) is 0 Å². The number of amides is 1. The molecule has 1 aromatic heterocycles. The van der Waals surface area contributed by atoms with Gasteiger partial charge in [0.15, 0.2) is 0 Å². The lowest BCUT2D eigenvalue weighted by atomic mass is 9.96. The summed E-state index contributed by atoms with van der Waals surface area (Å²) < 4.78 is 0.972. The number of aromatic amines is 1. The number of hydrogen-bond donors (Lipinski definition) is 1. The molecule has 0 aliphatic carbocycles. The molecule has 0 saturated heterocycles. The van der Waals surface area contributed by atoms with E-state index in [1.54, 1.807) is 17.0 Å². The second-order valence-electron chi connectivity index (χ2n) is 6.94. The van der Waals surface area contributed by atoms with Gasteiger partial charge in [0.25, 0.3) is 5.91 Å². The molecule has 1 aliphatic heterocycles. The molecule has 1 amide bonds. The van der Waals surface area contributed by atoms with Crippen LogP contribution in [0, 0.1) is 0 Å². The summed E-state index contributed by atoms with van der Waals surface area (Å²) in [5.41, 5.74) is 4.49. The topological polar surface area (TPSA) is 49.0 Å². The molecule has 4 aromatic rings. The Morgan fingerprint density at radius 2 is 1.63 bits per heavy atom. The molecule has 2 heterocycles. The van der Waals surface area contributed by atoms with Gasteiger partial charge in [-0.1, -0.05) is 69.5 Å². The fraction of sp³-hybridized carbons (Fsp3) is 0.0435. The van der Waals surface area contributed by atoms with Crippen molar-refractivity contribution in [3.63, 3.8) is 0 Å². The zero-order valence-corrected chi connectivity index (χ0v) is 18.5. The van der Waals surface area contributed by atoms with Gasteiger partial charge in [0, 0.05) is 31.3 Å². The molecule has 1 N–H and O–H groups in total. The molecule has 5 rings (SSSR count).